The number of nitrogens with zero attached hydrogens (tertiary/aromatic N) is 5. The molecule has 7 nitrogen and oxygen atoms in total. The van der Waals surface area contributed by atoms with Crippen molar-refractivity contribution in [2.24, 2.45) is 20.4 Å². The Bertz CT molecular complexity index is 966. The van der Waals surface area contributed by atoms with Gasteiger partial charge >= 0.3 is 0 Å². The van der Waals surface area contributed by atoms with Crippen LogP contribution in [0.2, 0.25) is 0 Å². The molecule has 0 saturated heterocycles. The van der Waals surface area contributed by atoms with E-state index in [1.165, 1.54) is 0 Å². The van der Waals surface area contributed by atoms with E-state index in [1.54, 1.807) is 11.9 Å². The Hall–Kier alpha value is -3.35. The van der Waals surface area contributed by atoms with Crippen LogP contribution in [-0.2, 0) is 4.79 Å². The first kappa shape index (κ1) is 17.1. The van der Waals surface area contributed by atoms with Crippen LogP contribution in [0.3, 0.4) is 0 Å². The van der Waals surface area contributed by atoms with E-state index >= 15 is 0 Å². The fourth-order valence-corrected chi connectivity index (χ4v) is 3.15. The number of hydrogen-bond acceptors (Lipinski definition) is 5. The minimum absolute atomic E-state index is 0.0519. The summed E-state index contributed by atoms with van der Waals surface area (Å²) in [7, 11) is 1.72. The molecule has 136 valence electrons. The maximum absolute atomic E-state index is 12.6. The highest BCUT2D eigenvalue weighted by Gasteiger charge is 2.32. The van der Waals surface area contributed by atoms with Gasteiger partial charge in [0.25, 0.3) is 5.91 Å². The molecule has 1 amide bonds. The second-order valence-electron chi connectivity index (χ2n) is 6.29. The number of anilines is 1. The second kappa shape index (κ2) is 7.11. The molecule has 2 aliphatic heterocycles. The fraction of sp³-hybridized carbons (Fsp3) is 0.250. The Morgan fingerprint density at radius 3 is 2.78 bits per heavy atom. The van der Waals surface area contributed by atoms with Crippen molar-refractivity contribution in [2.45, 2.75) is 19.4 Å². The number of carbonyl (C=O) groups is 1. The summed E-state index contributed by atoms with van der Waals surface area (Å²) in [5.74, 6) is 1.02. The number of benzene rings is 2. The van der Waals surface area contributed by atoms with Crippen molar-refractivity contribution < 1.29 is 9.53 Å². The predicted octanol–water partition coefficient (Wildman–Crippen LogP) is 3.76. The summed E-state index contributed by atoms with van der Waals surface area (Å²) in [5.41, 5.74) is 2.88. The molecular weight excluding hydrogens is 342 g/mol. The van der Waals surface area contributed by atoms with Gasteiger partial charge in [-0.15, -0.1) is 15.3 Å². The largest absolute Gasteiger partial charge is 0.494 e. The zero-order valence-corrected chi connectivity index (χ0v) is 15.2. The molecule has 7 heteroatoms. The van der Waals surface area contributed by atoms with Crippen LogP contribution in [-0.4, -0.2) is 31.1 Å². The van der Waals surface area contributed by atoms with Crippen LogP contribution in [0.25, 0.3) is 0 Å². The van der Waals surface area contributed by atoms with E-state index < -0.39 is 0 Å². The lowest BCUT2D eigenvalue weighted by molar-refractivity contribution is -0.111. The summed E-state index contributed by atoms with van der Waals surface area (Å²) < 4.78 is 5.54. The zero-order valence-electron chi connectivity index (χ0n) is 15.2. The lowest BCUT2D eigenvalue weighted by Gasteiger charge is -2.09. The van der Waals surface area contributed by atoms with Crippen molar-refractivity contribution in [2.75, 3.05) is 18.6 Å². The van der Waals surface area contributed by atoms with Crippen LogP contribution >= 0.6 is 0 Å². The van der Waals surface area contributed by atoms with Crippen molar-refractivity contribution in [3.8, 4) is 5.75 Å². The molecule has 0 N–H and O–H groups in total. The Morgan fingerprint density at radius 2 is 2.00 bits per heavy atom. The minimum atomic E-state index is -0.197. The fourth-order valence-electron chi connectivity index (χ4n) is 3.15. The Labute approximate surface area is 157 Å². The standard InChI is InChI=1S/C20H19N5O2/c1-3-27-14-9-10-17-15(11-14)19(20(26)25(17)2)24-23-18-12-16(21-22-18)13-7-5-4-6-8-13/h4-11,16H,3,12H2,1-2H3/b23-18-,24-19+/t16-/m1/s1. The van der Waals surface area contributed by atoms with E-state index in [4.69, 9.17) is 4.74 Å². The van der Waals surface area contributed by atoms with Crippen LogP contribution in [0, 0.1) is 0 Å². The van der Waals surface area contributed by atoms with Gasteiger partial charge in [-0.25, -0.2) is 0 Å². The van der Waals surface area contributed by atoms with Gasteiger partial charge in [-0.3, -0.25) is 4.79 Å². The summed E-state index contributed by atoms with van der Waals surface area (Å²) in [4.78, 5) is 14.1. The summed E-state index contributed by atoms with van der Waals surface area (Å²) >= 11 is 0. The average Bonchev–Trinajstić information content (AvgIpc) is 3.25. The van der Waals surface area contributed by atoms with E-state index in [-0.39, 0.29) is 11.9 Å². The molecule has 0 aromatic heterocycles. The molecule has 2 aromatic rings. The Balaban J connectivity index is 1.60. The van der Waals surface area contributed by atoms with Crippen LogP contribution < -0.4 is 9.64 Å². The van der Waals surface area contributed by atoms with Gasteiger partial charge in [-0.05, 0) is 30.7 Å². The highest BCUT2D eigenvalue weighted by atomic mass is 16.5. The molecule has 0 saturated carbocycles. The van der Waals surface area contributed by atoms with Gasteiger partial charge in [0.15, 0.2) is 11.5 Å². The molecule has 2 heterocycles. The van der Waals surface area contributed by atoms with E-state index in [0.29, 0.717) is 35.9 Å². The van der Waals surface area contributed by atoms with Gasteiger partial charge in [0.2, 0.25) is 0 Å². The molecule has 27 heavy (non-hydrogen) atoms. The number of hydrogen-bond donors (Lipinski definition) is 0. The second-order valence-corrected chi connectivity index (χ2v) is 6.29. The molecule has 0 fully saturated rings. The summed E-state index contributed by atoms with van der Waals surface area (Å²) in [6.07, 6.45) is 0.566. The summed E-state index contributed by atoms with van der Waals surface area (Å²) in [5, 5.41) is 16.8. The van der Waals surface area contributed by atoms with Gasteiger partial charge in [-0.2, -0.15) is 5.11 Å². The van der Waals surface area contributed by atoms with Crippen LogP contribution in [0.1, 0.15) is 30.5 Å². The van der Waals surface area contributed by atoms with Crippen LogP contribution in [0.4, 0.5) is 5.69 Å². The first-order valence-corrected chi connectivity index (χ1v) is 8.83. The van der Waals surface area contributed by atoms with Crippen molar-refractivity contribution in [1.29, 1.82) is 0 Å². The SMILES string of the molecule is CCOc1ccc2c(c1)/C(=N\N=C1\C[C@H](c3ccccc3)N=N1)C(=O)N2C. The first-order chi connectivity index (χ1) is 13.2. The molecule has 2 aromatic carbocycles. The van der Waals surface area contributed by atoms with Gasteiger partial charge in [0.1, 0.15) is 11.8 Å². The third-order valence-corrected chi connectivity index (χ3v) is 4.54. The molecule has 0 bridgehead atoms. The van der Waals surface area contributed by atoms with Gasteiger partial charge < -0.3 is 9.64 Å². The van der Waals surface area contributed by atoms with Gasteiger partial charge in [0.05, 0.1) is 12.3 Å². The number of fused-ring (bicyclic) bond motifs is 1. The molecule has 0 aliphatic carbocycles. The molecular formula is C20H19N5O2. The van der Waals surface area contributed by atoms with Crippen molar-refractivity contribution >= 4 is 23.1 Å². The van der Waals surface area contributed by atoms with Crippen molar-refractivity contribution in [3.05, 3.63) is 59.7 Å². The highest BCUT2D eigenvalue weighted by Crippen LogP contribution is 2.32. The van der Waals surface area contributed by atoms with Crippen LogP contribution in [0.5, 0.6) is 5.75 Å². The average molecular weight is 361 g/mol. The first-order valence-electron chi connectivity index (χ1n) is 8.83. The number of amides is 1. The van der Waals surface area contributed by atoms with Crippen LogP contribution in [0.15, 0.2) is 69.0 Å². The molecule has 2 aliphatic rings. The van der Waals surface area contributed by atoms with E-state index in [9.17, 15) is 4.79 Å². The van der Waals surface area contributed by atoms with Gasteiger partial charge in [0, 0.05) is 19.0 Å². The number of carbonyl (C=O) groups excluding carboxylic acids is 1. The maximum Gasteiger partial charge on any atom is 0.279 e. The number of azo groups is 1. The van der Waals surface area contributed by atoms with E-state index in [2.05, 4.69) is 20.4 Å². The topological polar surface area (TPSA) is 79.0 Å². The smallest absolute Gasteiger partial charge is 0.279 e. The lowest BCUT2D eigenvalue weighted by atomic mass is 10.1. The number of likely N-dealkylation sites (N-methyl/N-ethyl adjacent to an activating group) is 1. The molecule has 0 spiro atoms. The Morgan fingerprint density at radius 1 is 1.19 bits per heavy atom. The van der Waals surface area contributed by atoms with E-state index in [1.807, 2.05) is 55.5 Å². The quantitative estimate of drug-likeness (QED) is 0.777. The zero-order chi connectivity index (χ0) is 18.8. The summed E-state index contributed by atoms with van der Waals surface area (Å²) in [6.45, 7) is 2.47. The number of ether oxygens (including phenoxy) is 1. The van der Waals surface area contributed by atoms with Crippen molar-refractivity contribution in [1.82, 2.24) is 0 Å². The third kappa shape index (κ3) is 3.23. The lowest BCUT2D eigenvalue weighted by Crippen LogP contribution is -2.25. The molecule has 1 atom stereocenters. The monoisotopic (exact) mass is 361 g/mol. The van der Waals surface area contributed by atoms with Crippen molar-refractivity contribution in [3.63, 3.8) is 0 Å². The number of rotatable bonds is 4. The Kier molecular flexibility index (Phi) is 4.50. The molecule has 0 radical (unpaired) electrons. The minimum Gasteiger partial charge on any atom is -0.494 e. The van der Waals surface area contributed by atoms with E-state index in [0.717, 1.165) is 11.3 Å². The third-order valence-electron chi connectivity index (χ3n) is 4.54. The summed E-state index contributed by atoms with van der Waals surface area (Å²) in [6, 6.07) is 15.4. The molecule has 4 rings (SSSR count). The maximum atomic E-state index is 12.6. The number of amidine groups is 1. The predicted molar refractivity (Wildman–Crippen MR) is 104 cm³/mol. The highest BCUT2D eigenvalue weighted by molar-refractivity contribution is 6.54. The normalized spacial score (nSPS) is 21.3. The molecule has 0 unspecified atom stereocenters. The van der Waals surface area contributed by atoms with Gasteiger partial charge in [-0.1, -0.05) is 30.3 Å².